The van der Waals surface area contributed by atoms with E-state index in [1.807, 2.05) is 0 Å². The maximum absolute atomic E-state index is 5.38. The van der Waals surface area contributed by atoms with E-state index in [9.17, 15) is 0 Å². The highest BCUT2D eigenvalue weighted by Crippen LogP contribution is 2.29. The molecule has 1 N–H and O–H groups in total. The topological polar surface area (TPSA) is 21.3 Å². The molecular weight excluding hydrogens is 206 g/mol. The predicted molar refractivity (Wildman–Crippen MR) is 69.4 cm³/mol. The predicted octanol–water partition coefficient (Wildman–Crippen LogP) is 3.04. The van der Waals surface area contributed by atoms with Gasteiger partial charge in [-0.3, -0.25) is 0 Å². The quantitative estimate of drug-likeness (QED) is 0.593. The van der Waals surface area contributed by atoms with Gasteiger partial charge in [0.15, 0.2) is 0 Å². The summed E-state index contributed by atoms with van der Waals surface area (Å²) >= 11 is 4.19. The Balaban J connectivity index is 2.84. The number of anilines is 1. The normalized spacial score (nSPS) is 10.1. The van der Waals surface area contributed by atoms with Crippen LogP contribution in [0.3, 0.4) is 0 Å². The number of hydrogen-bond donors (Lipinski definition) is 2. The Kier molecular flexibility index (Phi) is 4.82. The fourth-order valence-electron chi connectivity index (χ4n) is 1.66. The van der Waals surface area contributed by atoms with Gasteiger partial charge in [0.2, 0.25) is 0 Å². The summed E-state index contributed by atoms with van der Waals surface area (Å²) in [5.74, 6) is 1.85. The summed E-state index contributed by atoms with van der Waals surface area (Å²) in [6.07, 6.45) is 1.05. The average molecular weight is 225 g/mol. The molecule has 0 heterocycles. The molecule has 2 nitrogen and oxygen atoms in total. The highest BCUT2D eigenvalue weighted by atomic mass is 32.1. The summed E-state index contributed by atoms with van der Waals surface area (Å²) in [5.41, 5.74) is 3.50. The molecule has 0 amide bonds. The summed E-state index contributed by atoms with van der Waals surface area (Å²) in [5, 5.41) is 3.37. The van der Waals surface area contributed by atoms with Crippen molar-refractivity contribution in [2.45, 2.75) is 20.3 Å². The molecule has 0 aromatic heterocycles. The van der Waals surface area contributed by atoms with Crippen LogP contribution in [0.1, 0.15) is 17.5 Å². The van der Waals surface area contributed by atoms with E-state index in [1.165, 1.54) is 11.1 Å². The highest BCUT2D eigenvalue weighted by Gasteiger charge is 2.06. The lowest BCUT2D eigenvalue weighted by Crippen LogP contribution is -2.04. The zero-order chi connectivity index (χ0) is 11.3. The Morgan fingerprint density at radius 3 is 2.67 bits per heavy atom. The third-order valence-electron chi connectivity index (χ3n) is 2.27. The Morgan fingerprint density at radius 1 is 1.33 bits per heavy atom. The van der Waals surface area contributed by atoms with E-state index in [4.69, 9.17) is 4.74 Å². The molecule has 0 aliphatic heterocycles. The number of rotatable bonds is 5. The molecule has 84 valence electrons. The van der Waals surface area contributed by atoms with E-state index in [-0.39, 0.29) is 0 Å². The Labute approximate surface area is 97.4 Å². The van der Waals surface area contributed by atoms with Gasteiger partial charge < -0.3 is 10.1 Å². The number of thiol groups is 1. The van der Waals surface area contributed by atoms with Gasteiger partial charge in [-0.05, 0) is 43.2 Å². The molecule has 0 spiro atoms. The molecule has 0 aliphatic rings. The minimum atomic E-state index is 0.903. The van der Waals surface area contributed by atoms with E-state index < -0.39 is 0 Å². The van der Waals surface area contributed by atoms with E-state index in [0.717, 1.165) is 30.2 Å². The van der Waals surface area contributed by atoms with Gasteiger partial charge in [-0.2, -0.15) is 12.6 Å². The molecule has 1 aromatic rings. The molecule has 0 aliphatic carbocycles. The third kappa shape index (κ3) is 3.34. The molecule has 0 fully saturated rings. The molecule has 1 aromatic carbocycles. The first-order chi connectivity index (χ1) is 7.19. The maximum Gasteiger partial charge on any atom is 0.144 e. The lowest BCUT2D eigenvalue weighted by atomic mass is 10.1. The van der Waals surface area contributed by atoms with Crippen LogP contribution in [-0.2, 0) is 0 Å². The molecular formula is C12H19NOS. The van der Waals surface area contributed by atoms with Crippen LogP contribution in [0.2, 0.25) is 0 Å². The summed E-state index contributed by atoms with van der Waals surface area (Å²) in [6, 6.07) is 4.24. The lowest BCUT2D eigenvalue weighted by molar-refractivity contribution is 0.413. The molecule has 0 unspecified atom stereocenters. The van der Waals surface area contributed by atoms with Crippen LogP contribution in [0.5, 0.6) is 5.75 Å². The summed E-state index contributed by atoms with van der Waals surface area (Å²) in [6.45, 7) is 5.09. The van der Waals surface area contributed by atoms with Crippen molar-refractivity contribution in [1.29, 1.82) is 0 Å². The van der Waals surface area contributed by atoms with Crippen molar-refractivity contribution >= 4 is 18.3 Å². The van der Waals surface area contributed by atoms with Gasteiger partial charge in [-0.15, -0.1) is 0 Å². The van der Waals surface area contributed by atoms with Crippen LogP contribution in [0.15, 0.2) is 12.1 Å². The minimum Gasteiger partial charge on any atom is -0.494 e. The number of hydrogen-bond acceptors (Lipinski definition) is 3. The fourth-order valence-corrected chi connectivity index (χ4v) is 1.82. The number of methoxy groups -OCH3 is 1. The summed E-state index contributed by atoms with van der Waals surface area (Å²) in [4.78, 5) is 0. The van der Waals surface area contributed by atoms with E-state index in [1.54, 1.807) is 7.11 Å². The summed E-state index contributed by atoms with van der Waals surface area (Å²) < 4.78 is 5.38. The minimum absolute atomic E-state index is 0.903. The van der Waals surface area contributed by atoms with Gasteiger partial charge in [0.05, 0.1) is 12.8 Å². The smallest absolute Gasteiger partial charge is 0.144 e. The van der Waals surface area contributed by atoms with Crippen molar-refractivity contribution in [3.05, 3.63) is 23.3 Å². The van der Waals surface area contributed by atoms with Crippen LogP contribution in [0, 0.1) is 13.8 Å². The van der Waals surface area contributed by atoms with Crippen molar-refractivity contribution < 1.29 is 4.74 Å². The van der Waals surface area contributed by atoms with Crippen molar-refractivity contribution in [3.63, 3.8) is 0 Å². The second-order valence-corrected chi connectivity index (χ2v) is 4.11. The van der Waals surface area contributed by atoms with E-state index in [0.29, 0.717) is 0 Å². The first kappa shape index (κ1) is 12.2. The Hall–Kier alpha value is -0.830. The molecule has 0 saturated carbocycles. The van der Waals surface area contributed by atoms with Gasteiger partial charge in [-0.1, -0.05) is 6.07 Å². The van der Waals surface area contributed by atoms with Crippen molar-refractivity contribution in [2.24, 2.45) is 0 Å². The lowest BCUT2D eigenvalue weighted by Gasteiger charge is -2.14. The second kappa shape index (κ2) is 5.91. The second-order valence-electron chi connectivity index (χ2n) is 3.67. The standard InChI is InChI=1S/C12H19NOS/c1-9-7-10(2)12(14-3)11(8-9)13-5-4-6-15/h7-8,13,15H,4-6H2,1-3H3. The molecule has 3 heteroatoms. The van der Waals surface area contributed by atoms with Crippen molar-refractivity contribution in [1.82, 2.24) is 0 Å². The molecule has 1 rings (SSSR count). The van der Waals surface area contributed by atoms with Crippen LogP contribution in [0.4, 0.5) is 5.69 Å². The van der Waals surface area contributed by atoms with Crippen molar-refractivity contribution in [2.75, 3.05) is 24.7 Å². The maximum atomic E-state index is 5.38. The van der Waals surface area contributed by atoms with Crippen LogP contribution < -0.4 is 10.1 Å². The molecule has 0 atom stereocenters. The number of aryl methyl sites for hydroxylation is 2. The number of benzene rings is 1. The first-order valence-corrected chi connectivity index (χ1v) is 5.82. The molecule has 0 bridgehead atoms. The first-order valence-electron chi connectivity index (χ1n) is 5.19. The van der Waals surface area contributed by atoms with Gasteiger partial charge >= 0.3 is 0 Å². The SMILES string of the molecule is COc1c(C)cc(C)cc1NCCCS. The molecule has 0 saturated heterocycles. The van der Waals surface area contributed by atoms with Gasteiger partial charge in [0.1, 0.15) is 5.75 Å². The monoisotopic (exact) mass is 225 g/mol. The van der Waals surface area contributed by atoms with E-state index >= 15 is 0 Å². The average Bonchev–Trinajstić information content (AvgIpc) is 2.17. The highest BCUT2D eigenvalue weighted by molar-refractivity contribution is 7.80. The fraction of sp³-hybridized carbons (Fsp3) is 0.500. The van der Waals surface area contributed by atoms with E-state index in [2.05, 4.69) is 43.9 Å². The van der Waals surface area contributed by atoms with Crippen LogP contribution in [-0.4, -0.2) is 19.4 Å². The van der Waals surface area contributed by atoms with Crippen molar-refractivity contribution in [3.8, 4) is 5.75 Å². The third-order valence-corrected chi connectivity index (χ3v) is 2.59. The number of nitrogens with one attached hydrogen (secondary N) is 1. The Morgan fingerprint density at radius 2 is 2.07 bits per heavy atom. The summed E-state index contributed by atoms with van der Waals surface area (Å²) in [7, 11) is 1.71. The van der Waals surface area contributed by atoms with Gasteiger partial charge in [-0.25, -0.2) is 0 Å². The Bertz CT molecular complexity index is 326. The van der Waals surface area contributed by atoms with Gasteiger partial charge in [0.25, 0.3) is 0 Å². The number of ether oxygens (including phenoxy) is 1. The van der Waals surface area contributed by atoms with Gasteiger partial charge in [0, 0.05) is 6.54 Å². The molecule has 15 heavy (non-hydrogen) atoms. The molecule has 0 radical (unpaired) electrons. The van der Waals surface area contributed by atoms with Crippen LogP contribution >= 0.6 is 12.6 Å². The largest absolute Gasteiger partial charge is 0.494 e. The zero-order valence-electron chi connectivity index (χ0n) is 9.63. The van der Waals surface area contributed by atoms with Crippen LogP contribution in [0.25, 0.3) is 0 Å². The zero-order valence-corrected chi connectivity index (χ0v) is 10.5.